The fourth-order valence-corrected chi connectivity index (χ4v) is 2.14. The highest BCUT2D eigenvalue weighted by Gasteiger charge is 2.13. The van der Waals surface area contributed by atoms with Crippen molar-refractivity contribution in [2.45, 2.75) is 13.3 Å². The Morgan fingerprint density at radius 2 is 1.83 bits per heavy atom. The summed E-state index contributed by atoms with van der Waals surface area (Å²) < 4.78 is 5.15. The second-order valence-electron chi connectivity index (χ2n) is 5.18. The molecule has 0 aliphatic rings. The van der Waals surface area contributed by atoms with Crippen LogP contribution in [0.15, 0.2) is 48.5 Å². The summed E-state index contributed by atoms with van der Waals surface area (Å²) in [5, 5.41) is 5.19. The zero-order chi connectivity index (χ0) is 16.7. The third-order valence-electron chi connectivity index (χ3n) is 3.32. The van der Waals surface area contributed by atoms with Gasteiger partial charge in [0.1, 0.15) is 5.75 Å². The van der Waals surface area contributed by atoms with E-state index >= 15 is 0 Å². The number of anilines is 1. The molecule has 120 valence electrons. The van der Waals surface area contributed by atoms with Crippen molar-refractivity contribution in [1.29, 1.82) is 0 Å². The van der Waals surface area contributed by atoms with Crippen LogP contribution in [0.2, 0.25) is 0 Å². The first-order valence-corrected chi connectivity index (χ1v) is 7.37. The number of carbonyl (C=O) groups excluding carboxylic acids is 2. The van der Waals surface area contributed by atoms with Crippen molar-refractivity contribution in [2.75, 3.05) is 19.0 Å². The molecule has 2 aromatic carbocycles. The molecular formula is C18H20N2O3. The zero-order valence-electron chi connectivity index (χ0n) is 13.3. The van der Waals surface area contributed by atoms with Gasteiger partial charge in [-0.2, -0.15) is 0 Å². The van der Waals surface area contributed by atoms with Crippen molar-refractivity contribution < 1.29 is 14.3 Å². The van der Waals surface area contributed by atoms with Crippen LogP contribution in [0.5, 0.6) is 5.75 Å². The maximum absolute atomic E-state index is 11.8. The molecule has 2 amide bonds. The molecule has 0 aliphatic heterocycles. The van der Waals surface area contributed by atoms with Gasteiger partial charge >= 0.3 is 11.8 Å². The van der Waals surface area contributed by atoms with Crippen molar-refractivity contribution in [3.8, 4) is 5.75 Å². The Kier molecular flexibility index (Phi) is 5.74. The Morgan fingerprint density at radius 3 is 2.57 bits per heavy atom. The molecule has 0 atom stereocenters. The summed E-state index contributed by atoms with van der Waals surface area (Å²) in [5.41, 5.74) is 2.66. The molecule has 0 unspecified atom stereocenters. The van der Waals surface area contributed by atoms with Gasteiger partial charge in [-0.25, -0.2) is 0 Å². The molecule has 0 saturated carbocycles. The van der Waals surface area contributed by atoms with Crippen LogP contribution < -0.4 is 15.4 Å². The minimum Gasteiger partial charge on any atom is -0.497 e. The van der Waals surface area contributed by atoms with Crippen LogP contribution >= 0.6 is 0 Å². The van der Waals surface area contributed by atoms with Gasteiger partial charge in [-0.1, -0.05) is 24.3 Å². The maximum Gasteiger partial charge on any atom is 0.313 e. The lowest BCUT2D eigenvalue weighted by Gasteiger charge is -2.08. The number of amides is 2. The van der Waals surface area contributed by atoms with Gasteiger partial charge in [0, 0.05) is 12.2 Å². The first-order chi connectivity index (χ1) is 11.1. The average Bonchev–Trinajstić information content (AvgIpc) is 2.55. The minimum absolute atomic E-state index is 0.382. The number of hydrogen-bond donors (Lipinski definition) is 2. The Labute approximate surface area is 135 Å². The number of hydrogen-bond acceptors (Lipinski definition) is 3. The van der Waals surface area contributed by atoms with Crippen LogP contribution in [-0.2, 0) is 16.0 Å². The van der Waals surface area contributed by atoms with E-state index in [2.05, 4.69) is 10.6 Å². The number of ether oxygens (including phenoxy) is 1. The molecule has 5 nitrogen and oxygen atoms in total. The number of rotatable bonds is 5. The van der Waals surface area contributed by atoms with Crippen LogP contribution in [0.1, 0.15) is 11.1 Å². The van der Waals surface area contributed by atoms with Crippen molar-refractivity contribution in [3.05, 3.63) is 59.7 Å². The van der Waals surface area contributed by atoms with E-state index in [9.17, 15) is 9.59 Å². The molecule has 2 rings (SSSR count). The van der Waals surface area contributed by atoms with E-state index in [1.54, 1.807) is 19.2 Å². The average molecular weight is 312 g/mol. The molecule has 0 bridgehead atoms. The van der Waals surface area contributed by atoms with E-state index in [0.717, 1.165) is 16.9 Å². The first kappa shape index (κ1) is 16.5. The van der Waals surface area contributed by atoms with Crippen LogP contribution in [0.4, 0.5) is 5.69 Å². The predicted molar refractivity (Wildman–Crippen MR) is 89.5 cm³/mol. The van der Waals surface area contributed by atoms with E-state index in [1.807, 2.05) is 43.3 Å². The van der Waals surface area contributed by atoms with E-state index in [4.69, 9.17) is 4.74 Å². The molecule has 0 fully saturated rings. The molecule has 2 N–H and O–H groups in total. The summed E-state index contributed by atoms with van der Waals surface area (Å²) in [6.07, 6.45) is 0.626. The molecule has 23 heavy (non-hydrogen) atoms. The Bertz CT molecular complexity index is 698. The normalized spacial score (nSPS) is 10.0. The van der Waals surface area contributed by atoms with Crippen LogP contribution in [0, 0.1) is 6.92 Å². The number of carbonyl (C=O) groups is 2. The van der Waals surface area contributed by atoms with Gasteiger partial charge in [-0.05, 0) is 48.7 Å². The summed E-state index contributed by atoms with van der Waals surface area (Å²) in [6, 6.07) is 14.9. The third kappa shape index (κ3) is 5.14. The summed E-state index contributed by atoms with van der Waals surface area (Å²) >= 11 is 0. The van der Waals surface area contributed by atoms with Crippen molar-refractivity contribution in [2.24, 2.45) is 0 Å². The molecule has 0 saturated heterocycles. The van der Waals surface area contributed by atoms with Gasteiger partial charge in [0.05, 0.1) is 7.11 Å². The summed E-state index contributed by atoms with van der Waals surface area (Å²) in [6.45, 7) is 2.30. The topological polar surface area (TPSA) is 67.4 Å². The molecular weight excluding hydrogens is 292 g/mol. The standard InChI is InChI=1S/C18H20N2O3/c1-13-5-3-7-15(11-13)20-18(22)17(21)19-10-9-14-6-4-8-16(12-14)23-2/h3-8,11-12H,9-10H2,1-2H3,(H,19,21)(H,20,22). The molecule has 0 spiro atoms. The maximum atomic E-state index is 11.8. The fourth-order valence-electron chi connectivity index (χ4n) is 2.14. The largest absolute Gasteiger partial charge is 0.497 e. The molecule has 0 heterocycles. The van der Waals surface area contributed by atoms with E-state index in [-0.39, 0.29) is 0 Å². The third-order valence-corrected chi connectivity index (χ3v) is 3.32. The Balaban J connectivity index is 1.81. The molecule has 0 radical (unpaired) electrons. The smallest absolute Gasteiger partial charge is 0.313 e. The van der Waals surface area contributed by atoms with Gasteiger partial charge < -0.3 is 15.4 Å². The monoisotopic (exact) mass is 312 g/mol. The van der Waals surface area contributed by atoms with Crippen LogP contribution in [-0.4, -0.2) is 25.5 Å². The fraction of sp³-hybridized carbons (Fsp3) is 0.222. The SMILES string of the molecule is COc1cccc(CCNC(=O)C(=O)Nc2cccc(C)c2)c1. The summed E-state index contributed by atoms with van der Waals surface area (Å²) in [4.78, 5) is 23.6. The van der Waals surface area contributed by atoms with Gasteiger partial charge in [-0.15, -0.1) is 0 Å². The predicted octanol–water partition coefficient (Wildman–Crippen LogP) is 2.30. The molecule has 0 aliphatic carbocycles. The molecule has 5 heteroatoms. The van der Waals surface area contributed by atoms with Gasteiger partial charge in [0.15, 0.2) is 0 Å². The molecule has 2 aromatic rings. The van der Waals surface area contributed by atoms with Crippen LogP contribution in [0.3, 0.4) is 0 Å². The van der Waals surface area contributed by atoms with E-state index < -0.39 is 11.8 Å². The van der Waals surface area contributed by atoms with Crippen molar-refractivity contribution >= 4 is 17.5 Å². The first-order valence-electron chi connectivity index (χ1n) is 7.37. The number of aryl methyl sites for hydroxylation is 1. The highest BCUT2D eigenvalue weighted by molar-refractivity contribution is 6.39. The molecule has 0 aromatic heterocycles. The van der Waals surface area contributed by atoms with E-state index in [0.29, 0.717) is 18.7 Å². The summed E-state index contributed by atoms with van der Waals surface area (Å²) in [7, 11) is 1.61. The number of benzene rings is 2. The summed E-state index contributed by atoms with van der Waals surface area (Å²) in [5.74, 6) is -0.540. The lowest BCUT2D eigenvalue weighted by atomic mass is 10.1. The van der Waals surface area contributed by atoms with Crippen LogP contribution in [0.25, 0.3) is 0 Å². The Morgan fingerprint density at radius 1 is 1.04 bits per heavy atom. The lowest BCUT2D eigenvalue weighted by Crippen LogP contribution is -2.36. The van der Waals surface area contributed by atoms with Gasteiger partial charge in [-0.3, -0.25) is 9.59 Å². The highest BCUT2D eigenvalue weighted by Crippen LogP contribution is 2.12. The number of methoxy groups -OCH3 is 1. The van der Waals surface area contributed by atoms with Gasteiger partial charge in [0.2, 0.25) is 0 Å². The second-order valence-corrected chi connectivity index (χ2v) is 5.18. The number of nitrogens with one attached hydrogen (secondary N) is 2. The zero-order valence-corrected chi connectivity index (χ0v) is 13.3. The van der Waals surface area contributed by atoms with Crippen molar-refractivity contribution in [1.82, 2.24) is 5.32 Å². The Hall–Kier alpha value is -2.82. The lowest BCUT2D eigenvalue weighted by molar-refractivity contribution is -0.136. The quantitative estimate of drug-likeness (QED) is 0.833. The van der Waals surface area contributed by atoms with Gasteiger partial charge in [0.25, 0.3) is 0 Å². The minimum atomic E-state index is -0.666. The second kappa shape index (κ2) is 7.98. The van der Waals surface area contributed by atoms with Crippen molar-refractivity contribution in [3.63, 3.8) is 0 Å². The van der Waals surface area contributed by atoms with E-state index in [1.165, 1.54) is 0 Å². The highest BCUT2D eigenvalue weighted by atomic mass is 16.5.